The molecule has 2 rings (SSSR count). The van der Waals surface area contributed by atoms with Crippen LogP contribution in [0.15, 0.2) is 38.9 Å². The van der Waals surface area contributed by atoms with E-state index in [2.05, 4.69) is 11.1 Å². The Bertz CT molecular complexity index is 511. The monoisotopic (exact) mass is 232 g/mol. The number of nitriles is 1. The Balaban J connectivity index is 2.21. The molecule has 0 fully saturated rings. The van der Waals surface area contributed by atoms with E-state index in [4.69, 9.17) is 5.26 Å². The highest BCUT2D eigenvalue weighted by Gasteiger charge is 2.02. The fourth-order valence-electron chi connectivity index (χ4n) is 1.11. The van der Waals surface area contributed by atoms with Gasteiger partial charge in [0.2, 0.25) is 0 Å². The molecule has 74 valence electrons. The van der Waals surface area contributed by atoms with Gasteiger partial charge in [-0.2, -0.15) is 5.26 Å². The van der Waals surface area contributed by atoms with E-state index in [9.17, 15) is 0 Å². The summed E-state index contributed by atoms with van der Waals surface area (Å²) in [4.78, 5) is 5.42. The molecule has 4 heteroatoms. The summed E-state index contributed by atoms with van der Waals surface area (Å²) >= 11 is 3.22. The van der Waals surface area contributed by atoms with E-state index in [0.717, 1.165) is 14.9 Å². The quantitative estimate of drug-likeness (QED) is 0.795. The summed E-state index contributed by atoms with van der Waals surface area (Å²) in [5.74, 6) is 0. The Kier molecular flexibility index (Phi) is 3.05. The SMILES string of the molecule is Cc1csc(Sc2cccc(C#N)c2)n1. The first-order valence-electron chi connectivity index (χ1n) is 4.38. The third-order valence-electron chi connectivity index (χ3n) is 1.77. The topological polar surface area (TPSA) is 36.7 Å². The van der Waals surface area contributed by atoms with Gasteiger partial charge in [-0.05, 0) is 25.1 Å². The molecule has 1 aromatic carbocycles. The van der Waals surface area contributed by atoms with Gasteiger partial charge >= 0.3 is 0 Å². The molecule has 0 aliphatic rings. The van der Waals surface area contributed by atoms with Crippen molar-refractivity contribution in [3.8, 4) is 6.07 Å². The Morgan fingerprint density at radius 2 is 2.33 bits per heavy atom. The zero-order valence-corrected chi connectivity index (χ0v) is 9.73. The zero-order valence-electron chi connectivity index (χ0n) is 8.10. The number of benzene rings is 1. The number of hydrogen-bond donors (Lipinski definition) is 0. The molecule has 0 atom stereocenters. The molecule has 15 heavy (non-hydrogen) atoms. The summed E-state index contributed by atoms with van der Waals surface area (Å²) in [7, 11) is 0. The van der Waals surface area contributed by atoms with E-state index in [1.54, 1.807) is 29.2 Å². The Hall–Kier alpha value is -1.31. The minimum absolute atomic E-state index is 0.688. The smallest absolute Gasteiger partial charge is 0.154 e. The van der Waals surface area contributed by atoms with E-state index in [1.807, 2.05) is 30.5 Å². The van der Waals surface area contributed by atoms with Gasteiger partial charge in [-0.1, -0.05) is 17.8 Å². The lowest BCUT2D eigenvalue weighted by Crippen LogP contribution is -1.76. The molecule has 1 aromatic heterocycles. The molecule has 0 aliphatic heterocycles. The molecular formula is C11H8N2S2. The largest absolute Gasteiger partial charge is 0.235 e. The van der Waals surface area contributed by atoms with Gasteiger partial charge in [0.1, 0.15) is 0 Å². The molecule has 2 nitrogen and oxygen atoms in total. The molecule has 0 radical (unpaired) electrons. The maximum atomic E-state index is 8.76. The minimum Gasteiger partial charge on any atom is -0.235 e. The van der Waals surface area contributed by atoms with Gasteiger partial charge in [0, 0.05) is 16.0 Å². The van der Waals surface area contributed by atoms with Crippen molar-refractivity contribution in [3.63, 3.8) is 0 Å². The summed E-state index contributed by atoms with van der Waals surface area (Å²) in [5.41, 5.74) is 1.73. The van der Waals surface area contributed by atoms with Crippen molar-refractivity contribution in [2.24, 2.45) is 0 Å². The number of hydrogen-bond acceptors (Lipinski definition) is 4. The van der Waals surface area contributed by atoms with Crippen LogP contribution >= 0.6 is 23.1 Å². The third-order valence-corrected chi connectivity index (χ3v) is 3.81. The number of thiazole rings is 1. The van der Waals surface area contributed by atoms with E-state index in [1.165, 1.54) is 0 Å². The molecule has 0 bridgehead atoms. The molecule has 0 saturated heterocycles. The van der Waals surface area contributed by atoms with Crippen molar-refractivity contribution in [1.82, 2.24) is 4.98 Å². The first kappa shape index (κ1) is 10.2. The lowest BCUT2D eigenvalue weighted by molar-refractivity contribution is 1.16. The van der Waals surface area contributed by atoms with Crippen LogP contribution in [0.3, 0.4) is 0 Å². The summed E-state index contributed by atoms with van der Waals surface area (Å²) in [5, 5.41) is 10.8. The van der Waals surface area contributed by atoms with Gasteiger partial charge in [0.05, 0.1) is 11.6 Å². The molecule has 0 aliphatic carbocycles. The normalized spacial score (nSPS) is 9.87. The van der Waals surface area contributed by atoms with Crippen LogP contribution in [-0.2, 0) is 0 Å². The van der Waals surface area contributed by atoms with Crippen LogP contribution < -0.4 is 0 Å². The van der Waals surface area contributed by atoms with Crippen molar-refractivity contribution in [2.75, 3.05) is 0 Å². The second-order valence-electron chi connectivity index (χ2n) is 3.00. The fraction of sp³-hybridized carbons (Fsp3) is 0.0909. The molecule has 0 N–H and O–H groups in total. The molecular weight excluding hydrogens is 224 g/mol. The van der Waals surface area contributed by atoms with Gasteiger partial charge in [0.15, 0.2) is 4.34 Å². The first-order chi connectivity index (χ1) is 7.28. The van der Waals surface area contributed by atoms with Crippen LogP contribution in [-0.4, -0.2) is 4.98 Å². The average molecular weight is 232 g/mol. The second kappa shape index (κ2) is 4.47. The maximum Gasteiger partial charge on any atom is 0.154 e. The van der Waals surface area contributed by atoms with Crippen molar-refractivity contribution in [1.29, 1.82) is 5.26 Å². The van der Waals surface area contributed by atoms with Crippen LogP contribution in [0.4, 0.5) is 0 Å². The Morgan fingerprint density at radius 1 is 1.47 bits per heavy atom. The number of aryl methyl sites for hydroxylation is 1. The van der Waals surface area contributed by atoms with Crippen LogP contribution in [0, 0.1) is 18.3 Å². The minimum atomic E-state index is 0.688. The van der Waals surface area contributed by atoms with Crippen LogP contribution in [0.5, 0.6) is 0 Å². The summed E-state index contributed by atoms with van der Waals surface area (Å²) in [6.45, 7) is 1.98. The molecule has 0 saturated carbocycles. The fourth-order valence-corrected chi connectivity index (χ4v) is 2.98. The number of nitrogens with zero attached hydrogens (tertiary/aromatic N) is 2. The predicted molar refractivity (Wildman–Crippen MR) is 62.1 cm³/mol. The van der Waals surface area contributed by atoms with Crippen molar-refractivity contribution in [2.45, 2.75) is 16.2 Å². The van der Waals surface area contributed by atoms with Gasteiger partial charge in [-0.15, -0.1) is 11.3 Å². The van der Waals surface area contributed by atoms with Gasteiger partial charge in [-0.25, -0.2) is 4.98 Å². The first-order valence-corrected chi connectivity index (χ1v) is 6.08. The molecule has 2 aromatic rings. The standard InChI is InChI=1S/C11H8N2S2/c1-8-7-14-11(13-8)15-10-4-2-3-9(5-10)6-12/h2-5,7H,1H3. The van der Waals surface area contributed by atoms with E-state index >= 15 is 0 Å². The summed E-state index contributed by atoms with van der Waals surface area (Å²) < 4.78 is 1.02. The number of aromatic nitrogens is 1. The second-order valence-corrected chi connectivity index (χ2v) is 5.18. The van der Waals surface area contributed by atoms with E-state index in [-0.39, 0.29) is 0 Å². The van der Waals surface area contributed by atoms with Gasteiger partial charge in [-0.3, -0.25) is 0 Å². The number of rotatable bonds is 2. The highest BCUT2D eigenvalue weighted by Crippen LogP contribution is 2.30. The zero-order chi connectivity index (χ0) is 10.7. The predicted octanol–water partition coefficient (Wildman–Crippen LogP) is 3.47. The highest BCUT2D eigenvalue weighted by molar-refractivity contribution is 8.01. The van der Waals surface area contributed by atoms with Crippen molar-refractivity contribution in [3.05, 3.63) is 40.9 Å². The lowest BCUT2D eigenvalue weighted by Gasteiger charge is -1.97. The molecule has 1 heterocycles. The third kappa shape index (κ3) is 2.58. The van der Waals surface area contributed by atoms with Gasteiger partial charge in [0.25, 0.3) is 0 Å². The van der Waals surface area contributed by atoms with Crippen molar-refractivity contribution >= 4 is 23.1 Å². The van der Waals surface area contributed by atoms with Crippen LogP contribution in [0.2, 0.25) is 0 Å². The maximum absolute atomic E-state index is 8.76. The van der Waals surface area contributed by atoms with Crippen LogP contribution in [0.25, 0.3) is 0 Å². The molecule has 0 unspecified atom stereocenters. The lowest BCUT2D eigenvalue weighted by atomic mass is 10.2. The summed E-state index contributed by atoms with van der Waals surface area (Å²) in [6.07, 6.45) is 0. The van der Waals surface area contributed by atoms with Crippen molar-refractivity contribution < 1.29 is 0 Å². The molecule has 0 spiro atoms. The average Bonchev–Trinajstić information content (AvgIpc) is 2.64. The molecule has 0 amide bonds. The summed E-state index contributed by atoms with van der Waals surface area (Å²) in [6, 6.07) is 9.69. The Morgan fingerprint density at radius 3 is 3.00 bits per heavy atom. The Labute approximate surface area is 96.6 Å². The van der Waals surface area contributed by atoms with E-state index in [0.29, 0.717) is 5.56 Å². The van der Waals surface area contributed by atoms with E-state index < -0.39 is 0 Å². The van der Waals surface area contributed by atoms with Crippen LogP contribution in [0.1, 0.15) is 11.3 Å². The van der Waals surface area contributed by atoms with Gasteiger partial charge < -0.3 is 0 Å². The highest BCUT2D eigenvalue weighted by atomic mass is 32.2.